The second-order valence-electron chi connectivity index (χ2n) is 9.87. The number of carbonyl (C=O) groups is 1. The number of benzene rings is 1. The number of amides is 1. The van der Waals surface area contributed by atoms with Gasteiger partial charge in [0.1, 0.15) is 5.60 Å². The summed E-state index contributed by atoms with van der Waals surface area (Å²) in [5.41, 5.74) is 8.24. The third-order valence-corrected chi connectivity index (χ3v) is 7.31. The smallest absolute Gasteiger partial charge is 0.249 e. The first-order chi connectivity index (χ1) is 19.5. The number of rotatable bonds is 7. The summed E-state index contributed by atoms with van der Waals surface area (Å²) in [5.74, 6) is 0.644. The number of anilines is 1. The molecule has 0 bridgehead atoms. The number of aliphatic hydroxyl groups is 1. The molecule has 12 nitrogen and oxygen atoms in total. The summed E-state index contributed by atoms with van der Waals surface area (Å²) < 4.78 is 8.41. The molecule has 1 atom stereocenters. The number of nitrogens with one attached hydrogen (secondary N) is 1. The predicted octanol–water partition coefficient (Wildman–Crippen LogP) is 2.99. The third-order valence-electron chi connectivity index (χ3n) is 7.31. The van der Waals surface area contributed by atoms with E-state index >= 15 is 0 Å². The summed E-state index contributed by atoms with van der Waals surface area (Å²) >= 11 is 0. The highest BCUT2D eigenvalue weighted by Gasteiger charge is 2.37. The van der Waals surface area contributed by atoms with Gasteiger partial charge in [0.25, 0.3) is 0 Å². The first kappa shape index (κ1) is 24.0. The number of aromatic nitrogens is 7. The molecule has 0 aliphatic heterocycles. The van der Waals surface area contributed by atoms with Gasteiger partial charge in [0.2, 0.25) is 17.7 Å². The minimum Gasteiger partial charge on any atom is -0.461 e. The van der Waals surface area contributed by atoms with Gasteiger partial charge in [0, 0.05) is 0 Å². The molecule has 1 unspecified atom stereocenters. The molecule has 6 aromatic rings. The normalized spacial score (nSPS) is 15.2. The van der Waals surface area contributed by atoms with Crippen molar-refractivity contribution < 1.29 is 14.3 Å². The maximum atomic E-state index is 13.8. The zero-order valence-electron chi connectivity index (χ0n) is 21.3. The molecule has 1 amide bonds. The molecule has 200 valence electrons. The van der Waals surface area contributed by atoms with Gasteiger partial charge < -0.3 is 20.6 Å². The quantitative estimate of drug-likeness (QED) is 0.279. The Morgan fingerprint density at radius 2 is 1.90 bits per heavy atom. The Labute approximate surface area is 227 Å². The van der Waals surface area contributed by atoms with Crippen LogP contribution in [-0.2, 0) is 16.9 Å². The average molecular weight is 536 g/mol. The lowest BCUT2D eigenvalue weighted by Crippen LogP contribution is -2.36. The number of fused-ring (bicyclic) bond motifs is 3. The van der Waals surface area contributed by atoms with Crippen molar-refractivity contribution in [1.82, 2.24) is 39.7 Å². The molecular formula is C28H25N9O3. The van der Waals surface area contributed by atoms with E-state index < -0.39 is 11.6 Å². The van der Waals surface area contributed by atoms with Crippen LogP contribution in [-0.4, -0.2) is 45.4 Å². The largest absolute Gasteiger partial charge is 0.461 e. The molecule has 5 heterocycles. The van der Waals surface area contributed by atoms with Crippen LogP contribution >= 0.6 is 0 Å². The molecule has 4 N–H and O–H groups in total. The van der Waals surface area contributed by atoms with E-state index in [4.69, 9.17) is 10.2 Å². The summed E-state index contributed by atoms with van der Waals surface area (Å²) in [6.07, 6.45) is 5.50. The van der Waals surface area contributed by atoms with E-state index in [-0.39, 0.29) is 18.4 Å². The van der Waals surface area contributed by atoms with Crippen molar-refractivity contribution in [2.24, 2.45) is 0 Å². The molecule has 0 radical (unpaired) electrons. The number of nitrogens with two attached hydrogens (primary N) is 1. The van der Waals surface area contributed by atoms with Gasteiger partial charge in [-0.05, 0) is 49.1 Å². The van der Waals surface area contributed by atoms with Crippen molar-refractivity contribution in [2.75, 3.05) is 5.73 Å². The van der Waals surface area contributed by atoms with Crippen molar-refractivity contribution >= 4 is 28.5 Å². The molecule has 40 heavy (non-hydrogen) atoms. The second kappa shape index (κ2) is 9.27. The lowest BCUT2D eigenvalue weighted by Gasteiger charge is -2.36. The number of hydrogen-bond acceptors (Lipinski definition) is 9. The lowest BCUT2D eigenvalue weighted by molar-refractivity contribution is -0.123. The van der Waals surface area contributed by atoms with Gasteiger partial charge in [-0.1, -0.05) is 36.4 Å². The summed E-state index contributed by atoms with van der Waals surface area (Å²) in [6, 6.07) is 17.5. The van der Waals surface area contributed by atoms with Crippen molar-refractivity contribution in [3.63, 3.8) is 0 Å². The predicted molar refractivity (Wildman–Crippen MR) is 145 cm³/mol. The Morgan fingerprint density at radius 1 is 1.05 bits per heavy atom. The van der Waals surface area contributed by atoms with E-state index in [1.54, 1.807) is 29.3 Å². The topological polar surface area (TPSA) is 162 Å². The van der Waals surface area contributed by atoms with Crippen molar-refractivity contribution in [3.05, 3.63) is 90.1 Å². The molecule has 1 aliphatic carbocycles. The number of nitrogens with zero attached hydrogens (tertiary/aromatic N) is 7. The zero-order valence-corrected chi connectivity index (χ0v) is 21.3. The van der Waals surface area contributed by atoms with Crippen LogP contribution in [0.1, 0.15) is 42.3 Å². The monoisotopic (exact) mass is 535 g/mol. The number of carbonyl (C=O) groups excluding carboxylic acids is 1. The SMILES string of the molecule is Nc1nc2c(cnn2C(C(=O)NCc2cccc(C3(O)CCC3)n2)c2ccccc2)c2nc(-c3ccco3)nn12. The van der Waals surface area contributed by atoms with E-state index in [0.717, 1.165) is 6.42 Å². The van der Waals surface area contributed by atoms with Gasteiger partial charge in [0.15, 0.2) is 23.1 Å². The Bertz CT molecular complexity index is 1840. The maximum absolute atomic E-state index is 13.8. The summed E-state index contributed by atoms with van der Waals surface area (Å²) in [4.78, 5) is 27.5. The standard InChI is InChI=1S/C28H25N9O3/c29-27-34-25-19(24-33-23(35-37(24)27)20-10-5-14-40-20)16-31-36(25)22(17-7-2-1-3-8-17)26(38)30-15-18-9-4-11-21(32-18)28(39)12-6-13-28/h1-5,7-11,14,16,22,39H,6,12-13,15H2,(H2,29,34)(H,30,38). The van der Waals surface area contributed by atoms with E-state index in [1.807, 2.05) is 48.5 Å². The Morgan fingerprint density at radius 3 is 2.65 bits per heavy atom. The Hall–Kier alpha value is -5.10. The summed E-state index contributed by atoms with van der Waals surface area (Å²) in [6.45, 7) is 0.182. The average Bonchev–Trinajstić information content (AvgIpc) is 3.72. The van der Waals surface area contributed by atoms with E-state index in [2.05, 4.69) is 30.5 Å². The lowest BCUT2D eigenvalue weighted by atomic mass is 9.77. The number of hydrogen-bond donors (Lipinski definition) is 3. The van der Waals surface area contributed by atoms with Crippen LogP contribution in [0, 0.1) is 0 Å². The molecular weight excluding hydrogens is 510 g/mol. The molecule has 1 aliphatic rings. The highest BCUT2D eigenvalue weighted by molar-refractivity contribution is 5.92. The Kier molecular flexibility index (Phi) is 5.56. The molecule has 1 saturated carbocycles. The molecule has 7 rings (SSSR count). The van der Waals surface area contributed by atoms with Crippen molar-refractivity contribution in [3.8, 4) is 11.6 Å². The highest BCUT2D eigenvalue weighted by atomic mass is 16.3. The summed E-state index contributed by atoms with van der Waals surface area (Å²) in [5, 5.41) is 23.3. The van der Waals surface area contributed by atoms with Gasteiger partial charge in [-0.2, -0.15) is 14.6 Å². The zero-order chi connectivity index (χ0) is 27.3. The molecule has 1 aromatic carbocycles. The van der Waals surface area contributed by atoms with Gasteiger partial charge in [-0.15, -0.1) is 5.10 Å². The third kappa shape index (κ3) is 3.96. The minimum atomic E-state index is -0.879. The first-order valence-corrected chi connectivity index (χ1v) is 12.9. The molecule has 0 spiro atoms. The fourth-order valence-corrected chi connectivity index (χ4v) is 5.04. The Balaban J connectivity index is 1.25. The van der Waals surface area contributed by atoms with Crippen LogP contribution in [0.25, 0.3) is 28.3 Å². The van der Waals surface area contributed by atoms with Crippen LogP contribution in [0.3, 0.4) is 0 Å². The van der Waals surface area contributed by atoms with Gasteiger partial charge >= 0.3 is 0 Å². The maximum Gasteiger partial charge on any atom is 0.249 e. The van der Waals surface area contributed by atoms with Gasteiger partial charge in [0.05, 0.1) is 35.8 Å². The van der Waals surface area contributed by atoms with Crippen LogP contribution < -0.4 is 11.1 Å². The fraction of sp³-hybridized carbons (Fsp3) is 0.214. The van der Waals surface area contributed by atoms with Crippen molar-refractivity contribution in [2.45, 2.75) is 37.5 Å². The van der Waals surface area contributed by atoms with Gasteiger partial charge in [-0.3, -0.25) is 9.78 Å². The van der Waals surface area contributed by atoms with Gasteiger partial charge in [-0.25, -0.2) is 9.67 Å². The van der Waals surface area contributed by atoms with Crippen LogP contribution in [0.15, 0.2) is 77.5 Å². The molecule has 0 saturated heterocycles. The first-order valence-electron chi connectivity index (χ1n) is 12.9. The number of pyridine rings is 1. The number of nitrogen functional groups attached to an aromatic ring is 1. The molecule has 1 fully saturated rings. The van der Waals surface area contributed by atoms with E-state index in [9.17, 15) is 9.90 Å². The van der Waals surface area contributed by atoms with Crippen LogP contribution in [0.2, 0.25) is 0 Å². The fourth-order valence-electron chi connectivity index (χ4n) is 5.04. The number of furan rings is 1. The van der Waals surface area contributed by atoms with Crippen molar-refractivity contribution in [1.29, 1.82) is 0 Å². The minimum absolute atomic E-state index is 0.0942. The summed E-state index contributed by atoms with van der Waals surface area (Å²) in [7, 11) is 0. The van der Waals surface area contributed by atoms with Crippen LogP contribution in [0.4, 0.5) is 5.95 Å². The molecule has 5 aromatic heterocycles. The van der Waals surface area contributed by atoms with Crippen LogP contribution in [0.5, 0.6) is 0 Å². The van der Waals surface area contributed by atoms with E-state index in [1.165, 1.54) is 4.52 Å². The molecule has 12 heteroatoms. The highest BCUT2D eigenvalue weighted by Crippen LogP contribution is 2.40. The van der Waals surface area contributed by atoms with E-state index in [0.29, 0.717) is 58.1 Å². The second-order valence-corrected chi connectivity index (χ2v) is 9.87.